The van der Waals surface area contributed by atoms with E-state index in [2.05, 4.69) is 20.9 Å². The molecule has 0 atom stereocenters. The number of H-pyrrole nitrogens is 1. The van der Waals surface area contributed by atoms with Crippen LogP contribution in [0.2, 0.25) is 0 Å². The van der Waals surface area contributed by atoms with Gasteiger partial charge in [-0.25, -0.2) is 4.79 Å². The summed E-state index contributed by atoms with van der Waals surface area (Å²) in [4.78, 5) is 24.1. The molecule has 0 aliphatic carbocycles. The zero-order valence-corrected chi connectivity index (χ0v) is 8.17. The summed E-state index contributed by atoms with van der Waals surface area (Å²) < 4.78 is 1.55. The molecule has 0 fully saturated rings. The summed E-state index contributed by atoms with van der Waals surface area (Å²) in [6.45, 7) is 0.282. The van der Waals surface area contributed by atoms with E-state index in [0.717, 1.165) is 0 Å². The maximum atomic E-state index is 11.1. The molecule has 0 amide bonds. The monoisotopic (exact) mass is 243 g/mol. The van der Waals surface area contributed by atoms with E-state index in [-0.39, 0.29) is 17.4 Å². The third-order valence-electron chi connectivity index (χ3n) is 1.43. The highest BCUT2D eigenvalue weighted by atomic mass is 79.9. The third-order valence-corrected chi connectivity index (χ3v) is 2.00. The van der Waals surface area contributed by atoms with E-state index < -0.39 is 11.2 Å². The van der Waals surface area contributed by atoms with Crippen LogP contribution >= 0.6 is 15.9 Å². The molecule has 0 spiro atoms. The number of halogens is 1. The second-order valence-corrected chi connectivity index (χ2v) is 3.19. The summed E-state index contributed by atoms with van der Waals surface area (Å²) in [5.74, 6) is 0. The average Bonchev–Trinajstić information content (AvgIpc) is 2.09. The van der Waals surface area contributed by atoms with E-state index >= 15 is 0 Å². The Hall–Kier alpha value is -1.35. The van der Waals surface area contributed by atoms with Crippen LogP contribution in [-0.2, 0) is 6.54 Å². The summed E-state index contributed by atoms with van der Waals surface area (Å²) in [5, 5.41) is 8.29. The van der Waals surface area contributed by atoms with Crippen LogP contribution in [0, 0.1) is 11.3 Å². The van der Waals surface area contributed by atoms with E-state index in [4.69, 9.17) is 5.26 Å². The molecule has 0 aliphatic heterocycles. The lowest BCUT2D eigenvalue weighted by atomic mass is 10.4. The lowest BCUT2D eigenvalue weighted by Gasteiger charge is -2.00. The smallest absolute Gasteiger partial charge is 0.298 e. The topological polar surface area (TPSA) is 78.7 Å². The summed E-state index contributed by atoms with van der Waals surface area (Å²) in [7, 11) is 0. The van der Waals surface area contributed by atoms with Gasteiger partial charge in [0.25, 0.3) is 5.56 Å². The summed E-state index contributed by atoms with van der Waals surface area (Å²) in [5.41, 5.74) is -0.957. The van der Waals surface area contributed by atoms with Gasteiger partial charge in [-0.2, -0.15) is 5.26 Å². The van der Waals surface area contributed by atoms with Crippen molar-refractivity contribution in [3.05, 3.63) is 31.5 Å². The van der Waals surface area contributed by atoms with Crippen LogP contribution in [0.4, 0.5) is 0 Å². The molecule has 1 N–H and O–H groups in total. The lowest BCUT2D eigenvalue weighted by molar-refractivity contribution is 0.656. The first-order chi connectivity index (χ1) is 6.15. The highest BCUT2D eigenvalue weighted by molar-refractivity contribution is 9.10. The van der Waals surface area contributed by atoms with Crippen molar-refractivity contribution < 1.29 is 0 Å². The molecule has 5 nitrogen and oxygen atoms in total. The zero-order chi connectivity index (χ0) is 9.84. The Morgan fingerprint density at radius 1 is 1.62 bits per heavy atom. The number of aromatic amines is 1. The van der Waals surface area contributed by atoms with Gasteiger partial charge in [-0.05, 0) is 15.9 Å². The van der Waals surface area contributed by atoms with Gasteiger partial charge in [0.1, 0.15) is 0 Å². The molecule has 1 rings (SSSR count). The van der Waals surface area contributed by atoms with Gasteiger partial charge in [-0.3, -0.25) is 14.3 Å². The van der Waals surface area contributed by atoms with Crippen molar-refractivity contribution in [2.75, 3.05) is 0 Å². The second-order valence-electron chi connectivity index (χ2n) is 2.34. The number of hydrogen-bond donors (Lipinski definition) is 1. The molecule has 0 aliphatic rings. The van der Waals surface area contributed by atoms with Gasteiger partial charge >= 0.3 is 5.69 Å². The first-order valence-electron chi connectivity index (χ1n) is 3.51. The number of hydrogen-bond acceptors (Lipinski definition) is 3. The van der Waals surface area contributed by atoms with Crippen LogP contribution in [-0.4, -0.2) is 9.55 Å². The summed E-state index contributed by atoms with van der Waals surface area (Å²) in [6, 6.07) is 1.91. The van der Waals surface area contributed by atoms with Gasteiger partial charge < -0.3 is 0 Å². The average molecular weight is 244 g/mol. The number of nitrogens with zero attached hydrogens (tertiary/aromatic N) is 2. The molecule has 0 radical (unpaired) electrons. The lowest BCUT2D eigenvalue weighted by Crippen LogP contribution is -2.29. The van der Waals surface area contributed by atoms with Crippen LogP contribution in [0.25, 0.3) is 0 Å². The van der Waals surface area contributed by atoms with Crippen molar-refractivity contribution >= 4 is 15.9 Å². The van der Waals surface area contributed by atoms with Crippen molar-refractivity contribution in [2.45, 2.75) is 13.0 Å². The van der Waals surface area contributed by atoms with Crippen molar-refractivity contribution in [2.24, 2.45) is 0 Å². The van der Waals surface area contributed by atoms with Crippen LogP contribution in [0.15, 0.2) is 20.3 Å². The normalized spacial score (nSPS) is 9.54. The predicted molar refractivity (Wildman–Crippen MR) is 49.3 cm³/mol. The maximum Gasteiger partial charge on any atom is 0.328 e. The highest BCUT2D eigenvalue weighted by Crippen LogP contribution is 1.97. The SMILES string of the molecule is N#CCCn1cc(Br)c(=O)[nH]c1=O. The van der Waals surface area contributed by atoms with Crippen LogP contribution in [0.3, 0.4) is 0 Å². The van der Waals surface area contributed by atoms with Crippen molar-refractivity contribution in [1.82, 2.24) is 9.55 Å². The standard InChI is InChI=1S/C7H6BrN3O2/c8-5-4-11(3-1-2-9)7(13)10-6(5)12/h4H,1,3H2,(H,10,12,13). The fraction of sp³-hybridized carbons (Fsp3) is 0.286. The van der Waals surface area contributed by atoms with Gasteiger partial charge in [0.05, 0.1) is 17.0 Å². The number of nitrogens with one attached hydrogen (secondary N) is 1. The number of nitriles is 1. The molecule has 13 heavy (non-hydrogen) atoms. The van der Waals surface area contributed by atoms with Crippen LogP contribution in [0.1, 0.15) is 6.42 Å². The van der Waals surface area contributed by atoms with E-state index in [9.17, 15) is 9.59 Å². The molecule has 1 aromatic heterocycles. The van der Waals surface area contributed by atoms with Gasteiger partial charge in [-0.1, -0.05) is 0 Å². The Balaban J connectivity index is 3.11. The van der Waals surface area contributed by atoms with Gasteiger partial charge in [0.15, 0.2) is 0 Å². The summed E-state index contributed by atoms with van der Waals surface area (Å²) >= 11 is 2.99. The minimum absolute atomic E-state index is 0.235. The Morgan fingerprint density at radius 3 is 2.92 bits per heavy atom. The molecule has 0 saturated carbocycles. The quantitative estimate of drug-likeness (QED) is 0.807. The molecule has 6 heteroatoms. The first kappa shape index (κ1) is 9.74. The van der Waals surface area contributed by atoms with Gasteiger partial charge in [0.2, 0.25) is 0 Å². The Labute approximate surface area is 81.8 Å². The molecule has 0 saturated heterocycles. The molecular formula is C7H6BrN3O2. The molecular weight excluding hydrogens is 238 g/mol. The molecule has 0 bridgehead atoms. The minimum atomic E-state index is -0.497. The molecule has 1 aromatic rings. The molecule has 0 unspecified atom stereocenters. The van der Waals surface area contributed by atoms with Crippen molar-refractivity contribution in [3.63, 3.8) is 0 Å². The Morgan fingerprint density at radius 2 is 2.31 bits per heavy atom. The fourth-order valence-corrected chi connectivity index (χ4v) is 1.17. The van der Waals surface area contributed by atoms with Crippen molar-refractivity contribution in [1.29, 1.82) is 5.26 Å². The third kappa shape index (κ3) is 2.29. The van der Waals surface area contributed by atoms with E-state index in [0.29, 0.717) is 0 Å². The fourth-order valence-electron chi connectivity index (χ4n) is 0.819. The number of rotatable bonds is 2. The van der Waals surface area contributed by atoms with Crippen molar-refractivity contribution in [3.8, 4) is 6.07 Å². The largest absolute Gasteiger partial charge is 0.328 e. The van der Waals surface area contributed by atoms with Gasteiger partial charge in [-0.15, -0.1) is 0 Å². The Kier molecular flexibility index (Phi) is 3.03. The van der Waals surface area contributed by atoms with E-state index in [1.165, 1.54) is 10.8 Å². The molecule has 1 heterocycles. The van der Waals surface area contributed by atoms with Gasteiger partial charge in [0, 0.05) is 12.7 Å². The van der Waals surface area contributed by atoms with E-state index in [1.807, 2.05) is 6.07 Å². The molecule has 0 aromatic carbocycles. The summed E-state index contributed by atoms with van der Waals surface area (Å²) in [6.07, 6.45) is 1.61. The number of aromatic nitrogens is 2. The van der Waals surface area contributed by atoms with E-state index in [1.54, 1.807) is 0 Å². The van der Waals surface area contributed by atoms with Crippen LogP contribution < -0.4 is 11.2 Å². The maximum absolute atomic E-state index is 11.1. The minimum Gasteiger partial charge on any atom is -0.298 e. The first-order valence-corrected chi connectivity index (χ1v) is 4.30. The molecule has 68 valence electrons. The predicted octanol–water partition coefficient (Wildman–Crippen LogP) is 0.213. The number of aryl methyl sites for hydroxylation is 1. The Bertz CT molecular complexity index is 454. The zero-order valence-electron chi connectivity index (χ0n) is 6.58. The highest BCUT2D eigenvalue weighted by Gasteiger charge is 2.00. The van der Waals surface area contributed by atoms with Crippen LogP contribution in [0.5, 0.6) is 0 Å². The second kappa shape index (κ2) is 4.05.